The molecule has 0 amide bonds. The second kappa shape index (κ2) is 10.2. The third kappa shape index (κ3) is 6.47. The van der Waals surface area contributed by atoms with Crippen LogP contribution in [0.1, 0.15) is 69.1 Å². The molecule has 1 aliphatic carbocycles. The molecule has 1 saturated carbocycles. The molecule has 27 heavy (non-hydrogen) atoms. The summed E-state index contributed by atoms with van der Waals surface area (Å²) in [7, 11) is 0. The number of aryl methyl sites for hydroxylation is 1. The fraction of sp³-hybridized carbons (Fsp3) is 0.462. The third-order valence-corrected chi connectivity index (χ3v) is 5.61. The summed E-state index contributed by atoms with van der Waals surface area (Å²) in [4.78, 5) is 0. The van der Waals surface area contributed by atoms with E-state index in [1.54, 1.807) is 0 Å². The second-order valence-corrected chi connectivity index (χ2v) is 7.98. The van der Waals surface area contributed by atoms with Gasteiger partial charge in [-0.3, -0.25) is 0 Å². The lowest BCUT2D eigenvalue weighted by molar-refractivity contribution is 0.278. The van der Waals surface area contributed by atoms with Crippen LogP contribution in [-0.2, 0) is 6.42 Å². The highest BCUT2D eigenvalue weighted by atomic mass is 16.5. The average molecular weight is 361 g/mol. The van der Waals surface area contributed by atoms with Crippen molar-refractivity contribution in [2.45, 2.75) is 58.8 Å². The van der Waals surface area contributed by atoms with E-state index in [9.17, 15) is 0 Å². The maximum absolute atomic E-state index is 5.61. The SMILES string of the molecule is CCCOc1ccc(C#Cc2ccc(CC[C@H]3CC[C@H](C)CC3)cc2)cc1. The molecule has 142 valence electrons. The standard InChI is InChI=1S/C26H32O/c1-3-20-27-26-18-16-25(17-19-26)15-14-24-12-10-23(11-13-24)9-8-22-6-4-21(2)5-7-22/h10-13,16-19,21-22H,3-9,20H2,1-2H3/t21-,22-. The van der Waals surface area contributed by atoms with E-state index < -0.39 is 0 Å². The largest absolute Gasteiger partial charge is 0.494 e. The van der Waals surface area contributed by atoms with Crippen LogP contribution in [0, 0.1) is 23.7 Å². The first kappa shape index (κ1) is 19.6. The van der Waals surface area contributed by atoms with E-state index in [2.05, 4.69) is 50.0 Å². The molecule has 2 aromatic rings. The Morgan fingerprint density at radius 2 is 1.44 bits per heavy atom. The van der Waals surface area contributed by atoms with Crippen LogP contribution < -0.4 is 4.74 Å². The van der Waals surface area contributed by atoms with Crippen molar-refractivity contribution >= 4 is 0 Å². The zero-order chi connectivity index (χ0) is 18.9. The molecule has 0 saturated heterocycles. The normalized spacial score (nSPS) is 19.2. The van der Waals surface area contributed by atoms with Crippen LogP contribution in [0.25, 0.3) is 0 Å². The third-order valence-electron chi connectivity index (χ3n) is 5.61. The zero-order valence-corrected chi connectivity index (χ0v) is 16.8. The van der Waals surface area contributed by atoms with Gasteiger partial charge in [0.05, 0.1) is 6.61 Å². The van der Waals surface area contributed by atoms with Crippen molar-refractivity contribution < 1.29 is 4.74 Å². The average Bonchev–Trinajstić information content (AvgIpc) is 2.72. The molecular formula is C26H32O. The number of benzene rings is 2. The topological polar surface area (TPSA) is 9.23 Å². The summed E-state index contributed by atoms with van der Waals surface area (Å²) in [5.41, 5.74) is 3.54. The minimum atomic E-state index is 0.761. The van der Waals surface area contributed by atoms with Gasteiger partial charge in [-0.2, -0.15) is 0 Å². The maximum Gasteiger partial charge on any atom is 0.119 e. The number of ether oxygens (including phenoxy) is 1. The smallest absolute Gasteiger partial charge is 0.119 e. The van der Waals surface area contributed by atoms with Crippen molar-refractivity contribution in [3.05, 3.63) is 65.2 Å². The molecule has 0 spiro atoms. The highest BCUT2D eigenvalue weighted by Crippen LogP contribution is 2.31. The van der Waals surface area contributed by atoms with Gasteiger partial charge in [-0.05, 0) is 73.1 Å². The van der Waals surface area contributed by atoms with Crippen molar-refractivity contribution in [2.24, 2.45) is 11.8 Å². The van der Waals surface area contributed by atoms with E-state index in [0.29, 0.717) is 0 Å². The predicted molar refractivity (Wildman–Crippen MR) is 114 cm³/mol. The molecule has 0 bridgehead atoms. The van der Waals surface area contributed by atoms with Crippen LogP contribution in [0.5, 0.6) is 5.75 Å². The molecule has 0 radical (unpaired) electrons. The van der Waals surface area contributed by atoms with Crippen molar-refractivity contribution in [3.63, 3.8) is 0 Å². The lowest BCUT2D eigenvalue weighted by atomic mass is 9.80. The first-order valence-corrected chi connectivity index (χ1v) is 10.6. The Bertz CT molecular complexity index is 738. The first-order valence-electron chi connectivity index (χ1n) is 10.6. The summed E-state index contributed by atoms with van der Waals surface area (Å²) in [5, 5.41) is 0. The van der Waals surface area contributed by atoms with Crippen LogP contribution in [0.3, 0.4) is 0 Å². The molecular weight excluding hydrogens is 328 g/mol. The van der Waals surface area contributed by atoms with Crippen molar-refractivity contribution in [3.8, 4) is 17.6 Å². The Labute approximate surface area is 165 Å². The molecule has 0 unspecified atom stereocenters. The quantitative estimate of drug-likeness (QED) is 0.525. The van der Waals surface area contributed by atoms with Crippen LogP contribution in [-0.4, -0.2) is 6.61 Å². The monoisotopic (exact) mass is 360 g/mol. The number of hydrogen-bond acceptors (Lipinski definition) is 1. The summed E-state index contributed by atoms with van der Waals surface area (Å²) in [6, 6.07) is 16.8. The van der Waals surface area contributed by atoms with E-state index in [1.165, 1.54) is 44.1 Å². The molecule has 1 nitrogen and oxygen atoms in total. The zero-order valence-electron chi connectivity index (χ0n) is 16.8. The lowest BCUT2D eigenvalue weighted by Gasteiger charge is -2.26. The highest BCUT2D eigenvalue weighted by Gasteiger charge is 2.17. The minimum absolute atomic E-state index is 0.761. The van der Waals surface area contributed by atoms with Crippen LogP contribution in [0.4, 0.5) is 0 Å². The lowest BCUT2D eigenvalue weighted by Crippen LogP contribution is -2.12. The molecule has 0 atom stereocenters. The van der Waals surface area contributed by atoms with E-state index in [-0.39, 0.29) is 0 Å². The molecule has 0 aliphatic heterocycles. The van der Waals surface area contributed by atoms with E-state index in [0.717, 1.165) is 41.7 Å². The maximum atomic E-state index is 5.61. The van der Waals surface area contributed by atoms with Crippen molar-refractivity contribution in [1.82, 2.24) is 0 Å². The van der Waals surface area contributed by atoms with Gasteiger partial charge in [0.2, 0.25) is 0 Å². The van der Waals surface area contributed by atoms with E-state index >= 15 is 0 Å². The van der Waals surface area contributed by atoms with Crippen molar-refractivity contribution in [1.29, 1.82) is 0 Å². The minimum Gasteiger partial charge on any atom is -0.494 e. The first-order chi connectivity index (χ1) is 13.2. The van der Waals surface area contributed by atoms with Crippen LogP contribution >= 0.6 is 0 Å². The van der Waals surface area contributed by atoms with Gasteiger partial charge < -0.3 is 4.74 Å². The summed E-state index contributed by atoms with van der Waals surface area (Å²) in [6.45, 7) is 5.27. The van der Waals surface area contributed by atoms with Gasteiger partial charge in [0.1, 0.15) is 5.75 Å². The fourth-order valence-corrected chi connectivity index (χ4v) is 3.74. The predicted octanol–water partition coefficient (Wildman–Crippen LogP) is 6.63. The Hall–Kier alpha value is -2.20. The van der Waals surface area contributed by atoms with E-state index in [4.69, 9.17) is 4.74 Å². The summed E-state index contributed by atoms with van der Waals surface area (Å²) >= 11 is 0. The Kier molecular flexibility index (Phi) is 7.40. The Balaban J connectivity index is 1.50. The van der Waals surface area contributed by atoms with Gasteiger partial charge >= 0.3 is 0 Å². The van der Waals surface area contributed by atoms with E-state index in [1.807, 2.05) is 24.3 Å². The fourth-order valence-electron chi connectivity index (χ4n) is 3.74. The molecule has 3 rings (SSSR count). The summed E-state index contributed by atoms with van der Waals surface area (Å²) < 4.78 is 5.61. The molecule has 2 aromatic carbocycles. The highest BCUT2D eigenvalue weighted by molar-refractivity contribution is 5.44. The molecule has 1 heteroatoms. The van der Waals surface area contributed by atoms with Crippen molar-refractivity contribution in [2.75, 3.05) is 6.61 Å². The van der Waals surface area contributed by atoms with Crippen LogP contribution in [0.2, 0.25) is 0 Å². The molecule has 1 aliphatic rings. The number of rotatable bonds is 6. The van der Waals surface area contributed by atoms with Crippen LogP contribution in [0.15, 0.2) is 48.5 Å². The molecule has 0 aromatic heterocycles. The number of hydrogen-bond donors (Lipinski definition) is 0. The molecule has 1 fully saturated rings. The summed E-state index contributed by atoms with van der Waals surface area (Å²) in [5.74, 6) is 9.31. The molecule has 0 heterocycles. The molecule has 0 N–H and O–H groups in total. The Morgan fingerprint density at radius 1 is 0.852 bits per heavy atom. The van der Waals surface area contributed by atoms with Gasteiger partial charge in [0.25, 0.3) is 0 Å². The van der Waals surface area contributed by atoms with Gasteiger partial charge in [-0.25, -0.2) is 0 Å². The van der Waals surface area contributed by atoms with Gasteiger partial charge in [0.15, 0.2) is 0 Å². The second-order valence-electron chi connectivity index (χ2n) is 7.98. The Morgan fingerprint density at radius 3 is 2.04 bits per heavy atom. The van der Waals surface area contributed by atoms with Gasteiger partial charge in [0, 0.05) is 11.1 Å². The van der Waals surface area contributed by atoms with Gasteiger partial charge in [-0.15, -0.1) is 0 Å². The van der Waals surface area contributed by atoms with Gasteiger partial charge in [-0.1, -0.05) is 63.5 Å². The summed E-state index contributed by atoms with van der Waals surface area (Å²) in [6.07, 6.45) is 9.25.